The van der Waals surface area contributed by atoms with Gasteiger partial charge in [-0.3, -0.25) is 4.99 Å². The topological polar surface area (TPSA) is 54.9 Å². The smallest absolute Gasteiger partial charge is 0.192 e. The van der Waals surface area contributed by atoms with Crippen molar-refractivity contribution < 1.29 is 9.47 Å². The second-order valence-corrected chi connectivity index (χ2v) is 3.28. The molecule has 17 heavy (non-hydrogen) atoms. The molecule has 0 amide bonds. The first-order valence-corrected chi connectivity index (χ1v) is 5.87. The van der Waals surface area contributed by atoms with E-state index in [1.807, 2.05) is 6.92 Å². The Morgan fingerprint density at radius 1 is 1.29 bits per heavy atom. The van der Waals surface area contributed by atoms with E-state index in [4.69, 9.17) is 15.9 Å². The molecule has 0 aromatic carbocycles. The van der Waals surface area contributed by atoms with Crippen molar-refractivity contribution in [3.8, 4) is 12.3 Å². The fourth-order valence-electron chi connectivity index (χ4n) is 1.08. The normalized spacial score (nSPS) is 11.0. The lowest BCUT2D eigenvalue weighted by atomic mass is 10.4. The van der Waals surface area contributed by atoms with Crippen molar-refractivity contribution in [3.63, 3.8) is 0 Å². The van der Waals surface area contributed by atoms with E-state index in [-0.39, 0.29) is 0 Å². The molecule has 0 aliphatic carbocycles. The molecule has 0 aliphatic rings. The quantitative estimate of drug-likeness (QED) is 0.262. The number of rotatable bonds is 9. The summed E-state index contributed by atoms with van der Waals surface area (Å²) in [5.41, 5.74) is 0. The van der Waals surface area contributed by atoms with Crippen molar-refractivity contribution in [3.05, 3.63) is 0 Å². The molecule has 0 spiro atoms. The molecule has 0 aliphatic heterocycles. The van der Waals surface area contributed by atoms with Crippen LogP contribution in [-0.2, 0) is 9.47 Å². The molecule has 5 heteroatoms. The Hall–Kier alpha value is -1.25. The van der Waals surface area contributed by atoms with E-state index in [9.17, 15) is 0 Å². The number of ether oxygens (including phenoxy) is 2. The Kier molecular flexibility index (Phi) is 11.9. The zero-order valence-electron chi connectivity index (χ0n) is 10.8. The number of aliphatic imine (C=N–C) groups is 1. The van der Waals surface area contributed by atoms with Crippen LogP contribution in [0.15, 0.2) is 4.99 Å². The Morgan fingerprint density at radius 3 is 2.76 bits per heavy atom. The van der Waals surface area contributed by atoms with Crippen LogP contribution < -0.4 is 10.6 Å². The third-order valence-corrected chi connectivity index (χ3v) is 1.85. The van der Waals surface area contributed by atoms with Crippen molar-refractivity contribution >= 4 is 5.96 Å². The molecule has 0 aromatic rings. The van der Waals surface area contributed by atoms with Crippen molar-refractivity contribution in [2.75, 3.05) is 46.6 Å². The number of guanidine groups is 1. The summed E-state index contributed by atoms with van der Waals surface area (Å²) in [6.07, 6.45) is 6.05. The average molecular weight is 241 g/mol. The first-order chi connectivity index (χ1) is 8.35. The molecule has 5 nitrogen and oxygen atoms in total. The third kappa shape index (κ3) is 11.0. The summed E-state index contributed by atoms with van der Waals surface area (Å²) in [6.45, 7) is 6.00. The molecule has 0 unspecified atom stereocenters. The van der Waals surface area contributed by atoms with Crippen molar-refractivity contribution in [1.29, 1.82) is 0 Å². The highest BCUT2D eigenvalue weighted by molar-refractivity contribution is 5.79. The molecule has 0 fully saturated rings. The molecule has 0 aromatic heterocycles. The average Bonchev–Trinajstić information content (AvgIpc) is 2.34. The van der Waals surface area contributed by atoms with Gasteiger partial charge in [0.2, 0.25) is 0 Å². The second-order valence-electron chi connectivity index (χ2n) is 3.28. The van der Waals surface area contributed by atoms with Crippen LogP contribution in [0, 0.1) is 12.3 Å². The van der Waals surface area contributed by atoms with Gasteiger partial charge >= 0.3 is 0 Å². The zero-order chi connectivity index (χ0) is 12.8. The standard InChI is InChI=1S/C12H23N3O2/c1-4-7-14-12(13-5-2)15-8-6-9-17-11-10-16-3/h1H,5-11H2,2-3H3,(H2,13,14,15). The van der Waals surface area contributed by atoms with Crippen molar-refractivity contribution in [2.45, 2.75) is 13.3 Å². The third-order valence-electron chi connectivity index (χ3n) is 1.85. The molecule has 0 rings (SSSR count). The minimum absolute atomic E-state index is 0.482. The summed E-state index contributed by atoms with van der Waals surface area (Å²) in [4.78, 5) is 4.36. The number of nitrogens with zero attached hydrogens (tertiary/aromatic N) is 1. The lowest BCUT2D eigenvalue weighted by molar-refractivity contribution is 0.0702. The Labute approximate surface area is 104 Å². The molecule has 0 atom stereocenters. The van der Waals surface area contributed by atoms with Gasteiger partial charge in [-0.25, -0.2) is 0 Å². The summed E-state index contributed by atoms with van der Waals surface area (Å²) >= 11 is 0. The molecule has 98 valence electrons. The van der Waals surface area contributed by atoms with Gasteiger partial charge in [0.05, 0.1) is 19.8 Å². The van der Waals surface area contributed by atoms with E-state index in [2.05, 4.69) is 21.5 Å². The van der Waals surface area contributed by atoms with Gasteiger partial charge in [0.1, 0.15) is 0 Å². The molecular formula is C12H23N3O2. The van der Waals surface area contributed by atoms with Gasteiger partial charge in [-0.15, -0.1) is 6.42 Å². The van der Waals surface area contributed by atoms with Crippen molar-refractivity contribution in [2.24, 2.45) is 4.99 Å². The van der Waals surface area contributed by atoms with Gasteiger partial charge in [-0.2, -0.15) is 0 Å². The maximum atomic E-state index is 5.33. The van der Waals surface area contributed by atoms with E-state index in [0.29, 0.717) is 32.9 Å². The molecule has 2 N–H and O–H groups in total. The van der Waals surface area contributed by atoms with Gasteiger partial charge in [0.15, 0.2) is 5.96 Å². The first kappa shape index (κ1) is 15.8. The Bertz CT molecular complexity index is 236. The van der Waals surface area contributed by atoms with E-state index >= 15 is 0 Å². The molecule has 0 bridgehead atoms. The monoisotopic (exact) mass is 241 g/mol. The zero-order valence-corrected chi connectivity index (χ0v) is 10.8. The van der Waals surface area contributed by atoms with Gasteiger partial charge in [0.25, 0.3) is 0 Å². The lowest BCUT2D eigenvalue weighted by Crippen LogP contribution is -2.37. The van der Waals surface area contributed by atoms with Crippen LogP contribution in [-0.4, -0.2) is 52.5 Å². The maximum absolute atomic E-state index is 5.33. The summed E-state index contributed by atoms with van der Waals surface area (Å²) in [7, 11) is 1.66. The predicted octanol–water partition coefficient (Wildman–Crippen LogP) is 0.228. The van der Waals surface area contributed by atoms with Crippen LogP contribution in [0.25, 0.3) is 0 Å². The molecule has 0 heterocycles. The second kappa shape index (κ2) is 12.8. The SMILES string of the molecule is C#CCNC(=NCCCOCCOC)NCC. The fourth-order valence-corrected chi connectivity index (χ4v) is 1.08. The molecule has 0 saturated heterocycles. The summed E-state index contributed by atoms with van der Waals surface area (Å²) in [5.74, 6) is 3.26. The van der Waals surface area contributed by atoms with Crippen LogP contribution in [0.2, 0.25) is 0 Å². The molecule has 0 saturated carbocycles. The van der Waals surface area contributed by atoms with Gasteiger partial charge in [-0.05, 0) is 13.3 Å². The van der Waals surface area contributed by atoms with Crippen LogP contribution >= 0.6 is 0 Å². The summed E-state index contributed by atoms with van der Waals surface area (Å²) in [6, 6.07) is 0. The predicted molar refractivity (Wildman–Crippen MR) is 70.1 cm³/mol. The highest BCUT2D eigenvalue weighted by Gasteiger charge is 1.94. The molecular weight excluding hydrogens is 218 g/mol. The fraction of sp³-hybridized carbons (Fsp3) is 0.750. The number of hydrogen-bond donors (Lipinski definition) is 2. The van der Waals surface area contributed by atoms with E-state index < -0.39 is 0 Å². The van der Waals surface area contributed by atoms with E-state index in [1.165, 1.54) is 0 Å². The van der Waals surface area contributed by atoms with Crippen LogP contribution in [0.3, 0.4) is 0 Å². The van der Waals surface area contributed by atoms with Gasteiger partial charge < -0.3 is 20.1 Å². The number of nitrogens with one attached hydrogen (secondary N) is 2. The summed E-state index contributed by atoms with van der Waals surface area (Å²) in [5, 5.41) is 6.13. The minimum Gasteiger partial charge on any atom is -0.382 e. The minimum atomic E-state index is 0.482. The Balaban J connectivity index is 3.58. The number of terminal acetylenes is 1. The largest absolute Gasteiger partial charge is 0.382 e. The van der Waals surface area contributed by atoms with E-state index in [1.54, 1.807) is 7.11 Å². The highest BCUT2D eigenvalue weighted by atomic mass is 16.5. The summed E-state index contributed by atoms with van der Waals surface area (Å²) < 4.78 is 10.2. The van der Waals surface area contributed by atoms with Crippen LogP contribution in [0.4, 0.5) is 0 Å². The van der Waals surface area contributed by atoms with Crippen LogP contribution in [0.5, 0.6) is 0 Å². The van der Waals surface area contributed by atoms with Crippen molar-refractivity contribution in [1.82, 2.24) is 10.6 Å². The lowest BCUT2D eigenvalue weighted by Gasteiger charge is -2.08. The van der Waals surface area contributed by atoms with E-state index in [0.717, 1.165) is 18.9 Å². The molecule has 0 radical (unpaired) electrons. The van der Waals surface area contributed by atoms with Gasteiger partial charge in [0, 0.05) is 26.8 Å². The maximum Gasteiger partial charge on any atom is 0.192 e. The highest BCUT2D eigenvalue weighted by Crippen LogP contribution is 1.85. The Morgan fingerprint density at radius 2 is 2.12 bits per heavy atom. The van der Waals surface area contributed by atoms with Gasteiger partial charge in [-0.1, -0.05) is 5.92 Å². The first-order valence-electron chi connectivity index (χ1n) is 5.87. The van der Waals surface area contributed by atoms with Crippen LogP contribution in [0.1, 0.15) is 13.3 Å². The number of methoxy groups -OCH3 is 1. The number of hydrogen-bond acceptors (Lipinski definition) is 3.